The van der Waals surface area contributed by atoms with Crippen LogP contribution in [-0.2, 0) is 12.5 Å². The molecule has 0 unspecified atom stereocenters. The molecule has 0 saturated heterocycles. The highest BCUT2D eigenvalue weighted by atomic mass is 15.0. The average Bonchev–Trinajstić information content (AvgIpc) is 2.47. The van der Waals surface area contributed by atoms with E-state index in [1.54, 1.807) is 0 Å². The second-order valence-corrected chi connectivity index (χ2v) is 6.43. The summed E-state index contributed by atoms with van der Waals surface area (Å²) in [7, 11) is 2.11. The lowest BCUT2D eigenvalue weighted by atomic mass is 9.86. The van der Waals surface area contributed by atoms with Crippen LogP contribution in [0, 0.1) is 27.7 Å². The van der Waals surface area contributed by atoms with Gasteiger partial charge < -0.3 is 4.57 Å². The van der Waals surface area contributed by atoms with Gasteiger partial charge in [-0.3, -0.25) is 0 Å². The van der Waals surface area contributed by atoms with Crippen LogP contribution in [-0.4, -0.2) is 9.55 Å². The zero-order valence-electron chi connectivity index (χ0n) is 12.9. The van der Waals surface area contributed by atoms with Gasteiger partial charge in [0.1, 0.15) is 5.65 Å². The summed E-state index contributed by atoms with van der Waals surface area (Å²) < 4.78 is 2.21. The van der Waals surface area contributed by atoms with Crippen LogP contribution in [0.5, 0.6) is 0 Å². The van der Waals surface area contributed by atoms with Crippen molar-refractivity contribution in [3.8, 4) is 0 Å². The van der Waals surface area contributed by atoms with Crippen molar-refractivity contribution in [2.24, 2.45) is 7.05 Å². The molecule has 0 aliphatic heterocycles. The molecule has 2 aromatic heterocycles. The number of fused-ring (bicyclic) bond motifs is 1. The Morgan fingerprint density at radius 2 is 1.44 bits per heavy atom. The molecule has 2 rings (SSSR count). The third-order valence-corrected chi connectivity index (χ3v) is 4.18. The van der Waals surface area contributed by atoms with Gasteiger partial charge in [-0.25, -0.2) is 4.98 Å². The number of nitrogens with zero attached hydrogens (tertiary/aromatic N) is 2. The third kappa shape index (κ3) is 1.66. The SMILES string of the molecule is Cc1c(C(C)(C)C)nc2c(c1C)c(C)c(C)n2C. The monoisotopic (exact) mass is 244 g/mol. The van der Waals surface area contributed by atoms with E-state index in [2.05, 4.69) is 60.1 Å². The van der Waals surface area contributed by atoms with E-state index in [0.29, 0.717) is 0 Å². The first kappa shape index (κ1) is 13.1. The normalized spacial score (nSPS) is 12.4. The Bertz CT molecular complexity index is 625. The molecule has 2 heteroatoms. The number of pyridine rings is 1. The molecule has 0 aliphatic carbocycles. The summed E-state index contributed by atoms with van der Waals surface area (Å²) in [5.74, 6) is 0. The molecule has 98 valence electrons. The molecule has 2 aromatic rings. The summed E-state index contributed by atoms with van der Waals surface area (Å²) in [5, 5.41) is 1.33. The third-order valence-electron chi connectivity index (χ3n) is 4.18. The lowest BCUT2D eigenvalue weighted by Gasteiger charge is -2.22. The van der Waals surface area contributed by atoms with E-state index in [-0.39, 0.29) is 5.41 Å². The Morgan fingerprint density at radius 1 is 0.889 bits per heavy atom. The van der Waals surface area contributed by atoms with Crippen LogP contribution < -0.4 is 0 Å². The highest BCUT2D eigenvalue weighted by Crippen LogP contribution is 2.33. The molecule has 2 heterocycles. The fraction of sp³-hybridized carbons (Fsp3) is 0.562. The van der Waals surface area contributed by atoms with Gasteiger partial charge in [-0.2, -0.15) is 0 Å². The molecule has 0 fully saturated rings. The van der Waals surface area contributed by atoms with E-state index < -0.39 is 0 Å². The fourth-order valence-corrected chi connectivity index (χ4v) is 2.79. The average molecular weight is 244 g/mol. The first-order valence-electron chi connectivity index (χ1n) is 6.59. The standard InChI is InChI=1S/C16H24N2/c1-9-10(2)14(16(5,6)7)17-15-13(9)11(3)12(4)18(15)8/h1-8H3. The van der Waals surface area contributed by atoms with E-state index in [1.165, 1.54) is 33.5 Å². The van der Waals surface area contributed by atoms with Crippen molar-refractivity contribution < 1.29 is 0 Å². The quantitative estimate of drug-likeness (QED) is 0.682. The van der Waals surface area contributed by atoms with Crippen LogP contribution >= 0.6 is 0 Å². The van der Waals surface area contributed by atoms with E-state index in [0.717, 1.165) is 5.65 Å². The molecule has 0 radical (unpaired) electrons. The van der Waals surface area contributed by atoms with Gasteiger partial charge in [0.15, 0.2) is 0 Å². The Morgan fingerprint density at radius 3 is 1.94 bits per heavy atom. The maximum absolute atomic E-state index is 4.95. The van der Waals surface area contributed by atoms with E-state index in [9.17, 15) is 0 Å². The van der Waals surface area contributed by atoms with Gasteiger partial charge in [0.25, 0.3) is 0 Å². The predicted octanol–water partition coefficient (Wildman–Crippen LogP) is 4.10. The molecule has 0 aromatic carbocycles. The molecular weight excluding hydrogens is 220 g/mol. The van der Waals surface area contributed by atoms with Crippen molar-refractivity contribution in [1.82, 2.24) is 9.55 Å². The Hall–Kier alpha value is -1.31. The maximum atomic E-state index is 4.95. The Kier molecular flexibility index (Phi) is 2.80. The molecule has 0 spiro atoms. The van der Waals surface area contributed by atoms with Gasteiger partial charge in [0.2, 0.25) is 0 Å². The summed E-state index contributed by atoms with van der Waals surface area (Å²) >= 11 is 0. The molecule has 2 nitrogen and oxygen atoms in total. The number of aromatic nitrogens is 2. The zero-order valence-corrected chi connectivity index (χ0v) is 12.9. The van der Waals surface area contributed by atoms with Crippen molar-refractivity contribution in [3.05, 3.63) is 28.1 Å². The lowest BCUT2D eigenvalue weighted by molar-refractivity contribution is 0.565. The van der Waals surface area contributed by atoms with Crippen molar-refractivity contribution in [2.75, 3.05) is 0 Å². The van der Waals surface area contributed by atoms with Gasteiger partial charge in [0.05, 0.1) is 5.69 Å². The molecular formula is C16H24N2. The zero-order chi connectivity index (χ0) is 13.8. The van der Waals surface area contributed by atoms with Crippen LogP contribution in [0.1, 0.15) is 48.8 Å². The van der Waals surface area contributed by atoms with E-state index in [1.807, 2.05) is 0 Å². The van der Waals surface area contributed by atoms with Gasteiger partial charge in [-0.05, 0) is 44.4 Å². The van der Waals surface area contributed by atoms with Gasteiger partial charge in [-0.1, -0.05) is 20.8 Å². The molecule has 0 N–H and O–H groups in total. The van der Waals surface area contributed by atoms with Crippen LogP contribution in [0.25, 0.3) is 11.0 Å². The molecule has 0 aliphatic rings. The number of hydrogen-bond donors (Lipinski definition) is 0. The van der Waals surface area contributed by atoms with Crippen molar-refractivity contribution in [3.63, 3.8) is 0 Å². The largest absolute Gasteiger partial charge is 0.333 e. The number of aryl methyl sites for hydroxylation is 3. The highest BCUT2D eigenvalue weighted by Gasteiger charge is 2.23. The smallest absolute Gasteiger partial charge is 0.140 e. The first-order valence-corrected chi connectivity index (χ1v) is 6.59. The van der Waals surface area contributed by atoms with Crippen LogP contribution in [0.3, 0.4) is 0 Å². The summed E-state index contributed by atoms with van der Waals surface area (Å²) in [6.07, 6.45) is 0. The van der Waals surface area contributed by atoms with Gasteiger partial charge in [-0.15, -0.1) is 0 Å². The molecule has 0 atom stereocenters. The van der Waals surface area contributed by atoms with Crippen LogP contribution in [0.2, 0.25) is 0 Å². The van der Waals surface area contributed by atoms with Crippen molar-refractivity contribution in [2.45, 2.75) is 53.9 Å². The lowest BCUT2D eigenvalue weighted by Crippen LogP contribution is -2.17. The number of hydrogen-bond acceptors (Lipinski definition) is 1. The minimum atomic E-state index is 0.0924. The maximum Gasteiger partial charge on any atom is 0.140 e. The highest BCUT2D eigenvalue weighted by molar-refractivity contribution is 5.86. The fourth-order valence-electron chi connectivity index (χ4n) is 2.79. The van der Waals surface area contributed by atoms with E-state index in [4.69, 9.17) is 4.98 Å². The summed E-state index contributed by atoms with van der Waals surface area (Å²) in [4.78, 5) is 4.95. The Balaban J connectivity index is 2.98. The predicted molar refractivity (Wildman–Crippen MR) is 78.4 cm³/mol. The second kappa shape index (κ2) is 3.84. The van der Waals surface area contributed by atoms with Crippen LogP contribution in [0.15, 0.2) is 0 Å². The van der Waals surface area contributed by atoms with Gasteiger partial charge in [0, 0.05) is 23.5 Å². The summed E-state index contributed by atoms with van der Waals surface area (Å²) in [6, 6.07) is 0. The summed E-state index contributed by atoms with van der Waals surface area (Å²) in [5.41, 5.74) is 7.82. The molecule has 0 saturated carbocycles. The first-order chi connectivity index (χ1) is 8.16. The topological polar surface area (TPSA) is 17.8 Å². The molecule has 18 heavy (non-hydrogen) atoms. The Labute approximate surface area is 110 Å². The van der Waals surface area contributed by atoms with Crippen LogP contribution in [0.4, 0.5) is 0 Å². The van der Waals surface area contributed by atoms with Gasteiger partial charge >= 0.3 is 0 Å². The van der Waals surface area contributed by atoms with Crippen molar-refractivity contribution >= 4 is 11.0 Å². The summed E-state index contributed by atoms with van der Waals surface area (Å²) in [6.45, 7) is 15.5. The van der Waals surface area contributed by atoms with Crippen molar-refractivity contribution in [1.29, 1.82) is 0 Å². The van der Waals surface area contributed by atoms with E-state index >= 15 is 0 Å². The minimum Gasteiger partial charge on any atom is -0.333 e. The minimum absolute atomic E-state index is 0.0924. The molecule has 0 amide bonds. The number of rotatable bonds is 0. The second-order valence-electron chi connectivity index (χ2n) is 6.43. The molecule has 0 bridgehead atoms.